The van der Waals surface area contributed by atoms with Crippen molar-refractivity contribution < 1.29 is 18.8 Å². The molecule has 0 bridgehead atoms. The molecule has 9 heteroatoms. The second-order valence-corrected chi connectivity index (χ2v) is 12.5. The number of furan rings is 1. The van der Waals surface area contributed by atoms with E-state index in [2.05, 4.69) is 10.6 Å². The molecule has 0 fully saturated rings. The average Bonchev–Trinajstić information content (AvgIpc) is 3.60. The van der Waals surface area contributed by atoms with Crippen LogP contribution in [-0.2, 0) is 9.59 Å². The maximum Gasteiger partial charge on any atom is 0.272 e. The number of anilines is 3. The third-order valence-corrected chi connectivity index (χ3v) is 9.54. The molecular weight excluding hydrogens is 603 g/mol. The highest BCUT2D eigenvalue weighted by Crippen LogP contribution is 2.48. The molecule has 7 nitrogen and oxygen atoms in total. The van der Waals surface area contributed by atoms with Gasteiger partial charge in [0.15, 0.2) is 0 Å². The minimum absolute atomic E-state index is 0.0157. The van der Waals surface area contributed by atoms with Crippen molar-refractivity contribution in [1.29, 1.82) is 0 Å². The molecule has 1 aromatic heterocycles. The van der Waals surface area contributed by atoms with Crippen molar-refractivity contribution in [3.05, 3.63) is 139 Å². The van der Waals surface area contributed by atoms with Crippen LogP contribution in [-0.4, -0.2) is 23.0 Å². The summed E-state index contributed by atoms with van der Waals surface area (Å²) in [7, 11) is 0. The largest absolute Gasteiger partial charge is 0.465 e. The molecule has 0 radical (unpaired) electrons. The van der Waals surface area contributed by atoms with E-state index in [-0.39, 0.29) is 16.9 Å². The molecule has 3 amide bonds. The smallest absolute Gasteiger partial charge is 0.272 e. The van der Waals surface area contributed by atoms with Gasteiger partial charge in [0, 0.05) is 32.0 Å². The fourth-order valence-corrected chi connectivity index (χ4v) is 6.88. The van der Waals surface area contributed by atoms with Gasteiger partial charge in [-0.05, 0) is 79.2 Å². The highest BCUT2D eigenvalue weighted by atomic mass is 32.2. The van der Waals surface area contributed by atoms with E-state index >= 15 is 0 Å². The van der Waals surface area contributed by atoms with E-state index in [0.29, 0.717) is 23.4 Å². The number of benzene rings is 4. The summed E-state index contributed by atoms with van der Waals surface area (Å²) < 4.78 is 5.37. The summed E-state index contributed by atoms with van der Waals surface area (Å²) in [5.74, 6) is -0.476. The monoisotopic (exact) mass is 631 g/mol. The number of carbonyl (C=O) groups excluding carboxylic acids is 3. The maximum absolute atomic E-state index is 14.1. The molecule has 1 aliphatic heterocycles. The van der Waals surface area contributed by atoms with Gasteiger partial charge in [0.05, 0.1) is 22.9 Å². The van der Waals surface area contributed by atoms with E-state index in [1.807, 2.05) is 78.6 Å². The fourth-order valence-electron chi connectivity index (χ4n) is 4.83. The molecule has 6 rings (SSSR count). The summed E-state index contributed by atoms with van der Waals surface area (Å²) in [6, 6.07) is 35.3. The van der Waals surface area contributed by atoms with E-state index in [4.69, 9.17) is 4.42 Å². The first-order valence-corrected chi connectivity index (χ1v) is 16.1. The fraction of sp³-hybridized carbons (Fsp3) is 0.0833. The summed E-state index contributed by atoms with van der Waals surface area (Å²) in [5, 5.41) is 5.22. The number of carbonyl (C=O) groups is 3. The predicted molar refractivity (Wildman–Crippen MR) is 180 cm³/mol. The van der Waals surface area contributed by atoms with Crippen LogP contribution in [0.3, 0.4) is 0 Å². The molecule has 5 aromatic rings. The van der Waals surface area contributed by atoms with Crippen LogP contribution in [0, 0.1) is 0 Å². The SMILES string of the molecule is CCC(Sc1ccc(NC(=O)/C(=C/c2ccco2)NC(=O)c2ccccc2)cc1)C(=O)N1c2ccccc2Sc2ccccc21. The zero-order chi connectivity index (χ0) is 31.2. The van der Waals surface area contributed by atoms with Crippen LogP contribution in [0.4, 0.5) is 17.1 Å². The van der Waals surface area contributed by atoms with Gasteiger partial charge in [0.1, 0.15) is 11.5 Å². The maximum atomic E-state index is 14.1. The normalized spacial score (nSPS) is 12.9. The molecule has 224 valence electrons. The Morgan fingerprint density at radius 2 is 1.47 bits per heavy atom. The van der Waals surface area contributed by atoms with Crippen molar-refractivity contribution in [1.82, 2.24) is 5.32 Å². The highest BCUT2D eigenvalue weighted by Gasteiger charge is 2.32. The zero-order valence-corrected chi connectivity index (χ0v) is 25.9. The third-order valence-electron chi connectivity index (χ3n) is 7.05. The molecule has 0 aliphatic carbocycles. The number of nitrogens with zero attached hydrogens (tertiary/aromatic N) is 1. The Morgan fingerprint density at radius 3 is 2.09 bits per heavy atom. The van der Waals surface area contributed by atoms with Crippen molar-refractivity contribution in [2.45, 2.75) is 33.3 Å². The van der Waals surface area contributed by atoms with Gasteiger partial charge < -0.3 is 15.1 Å². The van der Waals surface area contributed by atoms with Crippen molar-refractivity contribution in [3.8, 4) is 0 Å². The van der Waals surface area contributed by atoms with Crippen molar-refractivity contribution in [3.63, 3.8) is 0 Å². The second-order valence-electron chi connectivity index (χ2n) is 10.1. The molecule has 1 unspecified atom stereocenters. The first kappa shape index (κ1) is 30.1. The Kier molecular flexibility index (Phi) is 9.19. The zero-order valence-electron chi connectivity index (χ0n) is 24.3. The summed E-state index contributed by atoms with van der Waals surface area (Å²) in [4.78, 5) is 45.0. The molecule has 4 aromatic carbocycles. The summed E-state index contributed by atoms with van der Waals surface area (Å²) >= 11 is 3.16. The molecule has 0 spiro atoms. The van der Waals surface area contributed by atoms with E-state index < -0.39 is 11.8 Å². The van der Waals surface area contributed by atoms with Gasteiger partial charge in [0.25, 0.3) is 11.8 Å². The lowest BCUT2D eigenvalue weighted by atomic mass is 10.2. The van der Waals surface area contributed by atoms with E-state index in [0.717, 1.165) is 26.1 Å². The van der Waals surface area contributed by atoms with Gasteiger partial charge >= 0.3 is 0 Å². The van der Waals surface area contributed by atoms with E-state index in [1.54, 1.807) is 60.3 Å². The van der Waals surface area contributed by atoms with Gasteiger partial charge in [-0.15, -0.1) is 11.8 Å². The van der Waals surface area contributed by atoms with Crippen LogP contribution >= 0.6 is 23.5 Å². The summed E-state index contributed by atoms with van der Waals surface area (Å²) in [5.41, 5.74) is 2.78. The van der Waals surface area contributed by atoms with Crippen LogP contribution < -0.4 is 15.5 Å². The summed E-state index contributed by atoms with van der Waals surface area (Å²) in [6.45, 7) is 2.01. The Morgan fingerprint density at radius 1 is 0.822 bits per heavy atom. The van der Waals surface area contributed by atoms with Gasteiger partial charge in [0.2, 0.25) is 5.91 Å². The van der Waals surface area contributed by atoms with Gasteiger partial charge in [-0.1, -0.05) is 61.2 Å². The Balaban J connectivity index is 1.17. The topological polar surface area (TPSA) is 91.6 Å². The number of hydrogen-bond acceptors (Lipinski definition) is 6. The molecule has 1 aliphatic rings. The Hall–Kier alpha value is -4.99. The minimum Gasteiger partial charge on any atom is -0.465 e. The Bertz CT molecular complexity index is 1810. The van der Waals surface area contributed by atoms with Crippen molar-refractivity contribution in [2.24, 2.45) is 0 Å². The first-order chi connectivity index (χ1) is 22.0. The second kappa shape index (κ2) is 13.8. The lowest BCUT2D eigenvalue weighted by Gasteiger charge is -2.33. The lowest BCUT2D eigenvalue weighted by molar-refractivity contribution is -0.117. The van der Waals surface area contributed by atoms with Gasteiger partial charge in [-0.25, -0.2) is 0 Å². The molecule has 45 heavy (non-hydrogen) atoms. The van der Waals surface area contributed by atoms with Crippen LogP contribution in [0.5, 0.6) is 0 Å². The molecule has 1 atom stereocenters. The first-order valence-electron chi connectivity index (χ1n) is 14.4. The van der Waals surface area contributed by atoms with Gasteiger partial charge in [-0.3, -0.25) is 19.3 Å². The molecule has 2 heterocycles. The van der Waals surface area contributed by atoms with E-state index in [9.17, 15) is 14.4 Å². The summed E-state index contributed by atoms with van der Waals surface area (Å²) in [6.07, 6.45) is 3.61. The van der Waals surface area contributed by atoms with Crippen LogP contribution in [0.1, 0.15) is 29.5 Å². The third kappa shape index (κ3) is 6.90. The minimum atomic E-state index is -0.502. The lowest BCUT2D eigenvalue weighted by Crippen LogP contribution is -2.35. The molecule has 0 saturated heterocycles. The number of fused-ring (bicyclic) bond motifs is 2. The number of amides is 3. The van der Waals surface area contributed by atoms with Crippen molar-refractivity contribution >= 4 is 64.4 Å². The van der Waals surface area contributed by atoms with Crippen molar-refractivity contribution in [2.75, 3.05) is 10.2 Å². The number of nitrogens with one attached hydrogen (secondary N) is 2. The number of rotatable bonds is 9. The predicted octanol–water partition coefficient (Wildman–Crippen LogP) is 8.39. The standard InChI is InChI=1S/C36H29N3O4S2/c1-2-31(36(42)39-29-14-6-8-16-32(29)45-33-17-9-7-15-30(33)39)44-27-20-18-25(19-21-27)37-35(41)28(23-26-13-10-22-43-26)38-34(40)24-11-4-3-5-12-24/h3-23,31H,2H2,1H3,(H,37,41)(H,38,40)/b28-23-. The molecular formula is C36H29N3O4S2. The number of thioether (sulfide) groups is 1. The van der Waals surface area contributed by atoms with Crippen LogP contribution in [0.2, 0.25) is 0 Å². The van der Waals surface area contributed by atoms with E-state index in [1.165, 1.54) is 24.1 Å². The molecule has 0 saturated carbocycles. The quantitative estimate of drug-likeness (QED) is 0.125. The van der Waals surface area contributed by atoms with Crippen LogP contribution in [0.15, 0.2) is 146 Å². The average molecular weight is 632 g/mol. The Labute approximate surface area is 269 Å². The van der Waals surface area contributed by atoms with Crippen LogP contribution in [0.25, 0.3) is 6.08 Å². The number of hydrogen-bond donors (Lipinski definition) is 2. The highest BCUT2D eigenvalue weighted by molar-refractivity contribution is 8.00. The van der Waals surface area contributed by atoms with Gasteiger partial charge in [-0.2, -0.15) is 0 Å². The molecule has 2 N–H and O–H groups in total. The number of para-hydroxylation sites is 2.